The highest BCUT2D eigenvalue weighted by Crippen LogP contribution is 2.22. The zero-order valence-corrected chi connectivity index (χ0v) is 15.1. The standard InChI is InChI=1S/C20H20N2O5/c1-25-15-11-14(12-16(13-15)26-2)20(24)22-9-5-6-10-27-18-8-4-3-7-17(18)19(21)23/h3-4,7-8,11-13H,9-10H2,1-2H3,(H2,21,23)(H,22,24). The molecule has 0 heterocycles. The number of carbonyl (C=O) groups is 2. The highest BCUT2D eigenvalue weighted by atomic mass is 16.5. The summed E-state index contributed by atoms with van der Waals surface area (Å²) in [5.74, 6) is 6.07. The van der Waals surface area contributed by atoms with Gasteiger partial charge in [-0.2, -0.15) is 0 Å². The molecular weight excluding hydrogens is 348 g/mol. The van der Waals surface area contributed by atoms with Gasteiger partial charge >= 0.3 is 0 Å². The van der Waals surface area contributed by atoms with Crippen LogP contribution < -0.4 is 25.3 Å². The lowest BCUT2D eigenvalue weighted by Gasteiger charge is -2.08. The van der Waals surface area contributed by atoms with Gasteiger partial charge in [-0.1, -0.05) is 24.0 Å². The molecule has 2 aromatic carbocycles. The Morgan fingerprint density at radius 3 is 2.33 bits per heavy atom. The van der Waals surface area contributed by atoms with Crippen LogP contribution in [0.2, 0.25) is 0 Å². The summed E-state index contributed by atoms with van der Waals surface area (Å²) in [6.45, 7) is 0.201. The minimum Gasteiger partial charge on any atom is -0.497 e. The molecule has 7 nitrogen and oxygen atoms in total. The van der Waals surface area contributed by atoms with Crippen LogP contribution in [-0.4, -0.2) is 39.2 Å². The molecule has 0 saturated carbocycles. The van der Waals surface area contributed by atoms with Gasteiger partial charge in [0.2, 0.25) is 0 Å². The summed E-state index contributed by atoms with van der Waals surface area (Å²) in [7, 11) is 3.02. The molecule has 7 heteroatoms. The number of carbonyl (C=O) groups excluding carboxylic acids is 2. The normalized spacial score (nSPS) is 9.56. The van der Waals surface area contributed by atoms with Gasteiger partial charge in [-0.3, -0.25) is 9.59 Å². The van der Waals surface area contributed by atoms with Crippen molar-refractivity contribution in [2.24, 2.45) is 5.73 Å². The van der Waals surface area contributed by atoms with Gasteiger partial charge in [0, 0.05) is 11.6 Å². The van der Waals surface area contributed by atoms with Crippen LogP contribution in [0.3, 0.4) is 0 Å². The van der Waals surface area contributed by atoms with Gasteiger partial charge in [-0.15, -0.1) is 0 Å². The lowest BCUT2D eigenvalue weighted by molar-refractivity contribution is 0.0956. The van der Waals surface area contributed by atoms with Crippen molar-refractivity contribution in [1.29, 1.82) is 0 Å². The maximum atomic E-state index is 12.2. The average Bonchev–Trinajstić information content (AvgIpc) is 2.70. The van der Waals surface area contributed by atoms with E-state index in [4.69, 9.17) is 19.9 Å². The number of amides is 2. The fourth-order valence-electron chi connectivity index (χ4n) is 2.19. The second-order valence-corrected chi connectivity index (χ2v) is 5.29. The predicted molar refractivity (Wildman–Crippen MR) is 100 cm³/mol. The van der Waals surface area contributed by atoms with Crippen LogP contribution in [0.5, 0.6) is 17.2 Å². The second kappa shape index (κ2) is 9.73. The molecule has 0 aliphatic heterocycles. The lowest BCUT2D eigenvalue weighted by atomic mass is 10.2. The van der Waals surface area contributed by atoms with Crippen molar-refractivity contribution in [3.63, 3.8) is 0 Å². The largest absolute Gasteiger partial charge is 0.497 e. The van der Waals surface area contributed by atoms with Crippen molar-refractivity contribution in [2.45, 2.75) is 0 Å². The summed E-state index contributed by atoms with van der Waals surface area (Å²) in [5.41, 5.74) is 5.97. The molecule has 3 N–H and O–H groups in total. The molecular formula is C20H20N2O5. The first-order valence-corrected chi connectivity index (χ1v) is 8.03. The van der Waals surface area contributed by atoms with Crippen LogP contribution in [0, 0.1) is 11.8 Å². The summed E-state index contributed by atoms with van der Waals surface area (Å²) < 4.78 is 15.7. The summed E-state index contributed by atoms with van der Waals surface area (Å²) in [5, 5.41) is 2.68. The minimum absolute atomic E-state index is 0.0626. The van der Waals surface area contributed by atoms with Crippen LogP contribution >= 0.6 is 0 Å². The molecule has 27 heavy (non-hydrogen) atoms. The van der Waals surface area contributed by atoms with Gasteiger partial charge in [0.1, 0.15) is 23.9 Å². The van der Waals surface area contributed by atoms with Crippen molar-refractivity contribution >= 4 is 11.8 Å². The van der Waals surface area contributed by atoms with E-state index in [1.807, 2.05) is 0 Å². The fourth-order valence-corrected chi connectivity index (χ4v) is 2.19. The van der Waals surface area contributed by atoms with Crippen LogP contribution in [0.4, 0.5) is 0 Å². The quantitative estimate of drug-likeness (QED) is 0.724. The van der Waals surface area contributed by atoms with E-state index < -0.39 is 5.91 Å². The SMILES string of the molecule is COc1cc(OC)cc(C(=O)NCC#CCOc2ccccc2C(N)=O)c1. The number of rotatable bonds is 7. The Morgan fingerprint density at radius 1 is 1.04 bits per heavy atom. The van der Waals surface area contributed by atoms with E-state index in [-0.39, 0.29) is 19.1 Å². The maximum absolute atomic E-state index is 12.2. The monoisotopic (exact) mass is 368 g/mol. The lowest BCUT2D eigenvalue weighted by Crippen LogP contribution is -2.23. The third kappa shape index (κ3) is 5.68. The topological polar surface area (TPSA) is 99.9 Å². The molecule has 0 saturated heterocycles. The smallest absolute Gasteiger partial charge is 0.252 e. The Labute approximate surface area is 157 Å². The molecule has 0 aliphatic carbocycles. The van der Waals surface area contributed by atoms with Gasteiger partial charge in [-0.05, 0) is 24.3 Å². The van der Waals surface area contributed by atoms with Crippen LogP contribution in [0.15, 0.2) is 42.5 Å². The zero-order chi connectivity index (χ0) is 19.6. The first kappa shape index (κ1) is 19.7. The Kier molecular flexibility index (Phi) is 7.08. The molecule has 0 atom stereocenters. The summed E-state index contributed by atoms with van der Waals surface area (Å²) >= 11 is 0. The molecule has 2 aromatic rings. The Bertz CT molecular complexity index is 861. The third-order valence-electron chi connectivity index (χ3n) is 3.53. The predicted octanol–water partition coefficient (Wildman–Crippen LogP) is 1.61. The average molecular weight is 368 g/mol. The third-order valence-corrected chi connectivity index (χ3v) is 3.53. The molecule has 2 rings (SSSR count). The van der Waals surface area contributed by atoms with Crippen LogP contribution in [-0.2, 0) is 0 Å². The number of primary amides is 1. The first-order valence-electron chi connectivity index (χ1n) is 8.03. The molecule has 0 aromatic heterocycles. The van der Waals surface area contributed by atoms with E-state index in [1.54, 1.807) is 42.5 Å². The van der Waals surface area contributed by atoms with E-state index in [9.17, 15) is 9.59 Å². The van der Waals surface area contributed by atoms with Crippen LogP contribution in [0.1, 0.15) is 20.7 Å². The summed E-state index contributed by atoms with van der Waals surface area (Å²) in [4.78, 5) is 23.5. The minimum atomic E-state index is -0.570. The van der Waals surface area contributed by atoms with E-state index in [0.717, 1.165) is 0 Å². The maximum Gasteiger partial charge on any atom is 0.252 e. The number of nitrogens with one attached hydrogen (secondary N) is 1. The molecule has 0 aliphatic rings. The fraction of sp³-hybridized carbons (Fsp3) is 0.200. The molecule has 0 bridgehead atoms. The Morgan fingerprint density at radius 2 is 1.70 bits per heavy atom. The van der Waals surface area contributed by atoms with E-state index in [1.165, 1.54) is 14.2 Å². The number of hydrogen-bond donors (Lipinski definition) is 2. The van der Waals surface area contributed by atoms with Gasteiger partial charge in [0.15, 0.2) is 0 Å². The van der Waals surface area contributed by atoms with Gasteiger partial charge in [-0.25, -0.2) is 0 Å². The van der Waals surface area contributed by atoms with Gasteiger partial charge < -0.3 is 25.3 Å². The Hall–Kier alpha value is -3.66. The number of hydrogen-bond acceptors (Lipinski definition) is 5. The van der Waals surface area contributed by atoms with Crippen molar-refractivity contribution in [2.75, 3.05) is 27.4 Å². The molecule has 0 spiro atoms. The number of para-hydroxylation sites is 1. The Balaban J connectivity index is 1.87. The van der Waals surface area contributed by atoms with Crippen molar-refractivity contribution in [3.05, 3.63) is 53.6 Å². The molecule has 2 amide bonds. The second-order valence-electron chi connectivity index (χ2n) is 5.29. The highest BCUT2D eigenvalue weighted by molar-refractivity contribution is 5.96. The molecule has 0 unspecified atom stereocenters. The van der Waals surface area contributed by atoms with Crippen molar-refractivity contribution in [3.8, 4) is 29.1 Å². The van der Waals surface area contributed by atoms with E-state index in [0.29, 0.717) is 28.4 Å². The number of methoxy groups -OCH3 is 2. The van der Waals surface area contributed by atoms with Gasteiger partial charge in [0.05, 0.1) is 26.3 Å². The highest BCUT2D eigenvalue weighted by Gasteiger charge is 2.09. The summed E-state index contributed by atoms with van der Waals surface area (Å²) in [6.07, 6.45) is 0. The number of nitrogens with two attached hydrogens (primary N) is 1. The van der Waals surface area contributed by atoms with Crippen molar-refractivity contribution in [1.82, 2.24) is 5.32 Å². The van der Waals surface area contributed by atoms with Gasteiger partial charge in [0.25, 0.3) is 11.8 Å². The zero-order valence-electron chi connectivity index (χ0n) is 15.1. The molecule has 140 valence electrons. The molecule has 0 fully saturated rings. The number of ether oxygens (including phenoxy) is 3. The van der Waals surface area contributed by atoms with E-state index >= 15 is 0 Å². The van der Waals surface area contributed by atoms with Crippen LogP contribution in [0.25, 0.3) is 0 Å². The first-order chi connectivity index (χ1) is 13.0. The van der Waals surface area contributed by atoms with Crippen molar-refractivity contribution < 1.29 is 23.8 Å². The molecule has 0 radical (unpaired) electrons. The summed E-state index contributed by atoms with van der Waals surface area (Å²) in [6, 6.07) is 11.5. The van der Waals surface area contributed by atoms with E-state index in [2.05, 4.69) is 17.2 Å². The number of benzene rings is 2.